The number of thiophene rings is 1. The minimum atomic E-state index is -0.167. The minimum Gasteiger partial charge on any atom is -0.348 e. The Morgan fingerprint density at radius 3 is 2.34 bits per heavy atom. The fourth-order valence-corrected chi connectivity index (χ4v) is 4.39. The molecule has 0 spiro atoms. The summed E-state index contributed by atoms with van der Waals surface area (Å²) in [6.45, 7) is 0.400. The van der Waals surface area contributed by atoms with E-state index in [0.717, 1.165) is 20.5 Å². The van der Waals surface area contributed by atoms with Gasteiger partial charge in [0.25, 0.3) is 11.8 Å². The molecule has 0 radical (unpaired) electrons. The topological polar surface area (TPSA) is 58.2 Å². The number of hydrogen-bond donors (Lipinski definition) is 2. The van der Waals surface area contributed by atoms with E-state index in [0.29, 0.717) is 27.7 Å². The van der Waals surface area contributed by atoms with Crippen LogP contribution in [-0.2, 0) is 6.54 Å². The molecule has 1 aromatic heterocycles. The highest BCUT2D eigenvalue weighted by molar-refractivity contribution is 9.10. The highest BCUT2D eigenvalue weighted by Gasteiger charge is 2.11. The molecule has 0 unspecified atom stereocenters. The van der Waals surface area contributed by atoms with Crippen LogP contribution in [0.2, 0.25) is 5.02 Å². The monoisotopic (exact) mass is 524 g/mol. The Morgan fingerprint density at radius 2 is 1.62 bits per heavy atom. The molecule has 0 fully saturated rings. The molecule has 0 saturated heterocycles. The molecule has 2 N–H and O–H groups in total. The first-order chi connectivity index (χ1) is 15.5. The van der Waals surface area contributed by atoms with Crippen LogP contribution in [0.5, 0.6) is 0 Å². The molecule has 7 heteroatoms. The van der Waals surface area contributed by atoms with Gasteiger partial charge < -0.3 is 10.6 Å². The Bertz CT molecular complexity index is 1250. The van der Waals surface area contributed by atoms with E-state index in [1.807, 2.05) is 72.8 Å². The van der Waals surface area contributed by atoms with Crippen LogP contribution in [0, 0.1) is 0 Å². The second-order valence-electron chi connectivity index (χ2n) is 7.01. The van der Waals surface area contributed by atoms with Gasteiger partial charge in [0.2, 0.25) is 0 Å². The summed E-state index contributed by atoms with van der Waals surface area (Å²) < 4.78 is 0.926. The van der Waals surface area contributed by atoms with Gasteiger partial charge in [0.05, 0.1) is 4.88 Å². The van der Waals surface area contributed by atoms with Crippen LogP contribution < -0.4 is 10.6 Å². The maximum absolute atomic E-state index is 12.6. The first kappa shape index (κ1) is 22.3. The lowest BCUT2D eigenvalue weighted by molar-refractivity contribution is 0.0950. The third kappa shape index (κ3) is 5.65. The van der Waals surface area contributed by atoms with Crippen molar-refractivity contribution in [3.63, 3.8) is 0 Å². The van der Waals surface area contributed by atoms with Crippen molar-refractivity contribution in [2.24, 2.45) is 0 Å². The van der Waals surface area contributed by atoms with Crippen LogP contribution in [-0.4, -0.2) is 11.8 Å². The number of anilines is 1. The lowest BCUT2D eigenvalue weighted by Gasteiger charge is -2.08. The van der Waals surface area contributed by atoms with Gasteiger partial charge in [0.15, 0.2) is 0 Å². The summed E-state index contributed by atoms with van der Waals surface area (Å²) in [6, 6.07) is 25.9. The number of nitrogens with one attached hydrogen (secondary N) is 2. The Morgan fingerprint density at radius 1 is 0.875 bits per heavy atom. The zero-order valence-electron chi connectivity index (χ0n) is 16.8. The average molecular weight is 526 g/mol. The minimum absolute atomic E-state index is 0.136. The number of benzene rings is 3. The zero-order chi connectivity index (χ0) is 22.5. The molecule has 3 aromatic carbocycles. The van der Waals surface area contributed by atoms with Crippen molar-refractivity contribution in [1.29, 1.82) is 0 Å². The Hall–Kier alpha value is -2.93. The lowest BCUT2D eigenvalue weighted by Crippen LogP contribution is -2.22. The molecule has 160 valence electrons. The Kier molecular flexibility index (Phi) is 7.05. The van der Waals surface area contributed by atoms with Crippen LogP contribution in [0.25, 0.3) is 10.4 Å². The van der Waals surface area contributed by atoms with Crippen molar-refractivity contribution in [2.45, 2.75) is 6.54 Å². The third-order valence-corrected chi connectivity index (χ3v) is 6.61. The van der Waals surface area contributed by atoms with Gasteiger partial charge in [-0.05, 0) is 71.8 Å². The van der Waals surface area contributed by atoms with Gasteiger partial charge in [-0.25, -0.2) is 0 Å². The van der Waals surface area contributed by atoms with Crippen molar-refractivity contribution in [1.82, 2.24) is 5.32 Å². The molecular formula is C25H18BrClN2O2S. The standard InChI is InChI=1S/C25H18BrClN2O2S/c26-19-8-6-17(7-9-19)24(30)28-15-16-4-10-21(11-5-16)29-25(31)23-13-12-22(32-23)18-2-1-3-20(27)14-18/h1-14H,15H2,(H,28,30)(H,29,31). The van der Waals surface area contributed by atoms with Crippen LogP contribution >= 0.6 is 38.9 Å². The third-order valence-electron chi connectivity index (χ3n) is 4.71. The predicted octanol–water partition coefficient (Wildman–Crippen LogP) is 7.01. The molecule has 0 saturated carbocycles. The molecule has 0 aliphatic carbocycles. The summed E-state index contributed by atoms with van der Waals surface area (Å²) in [5, 5.41) is 6.47. The highest BCUT2D eigenvalue weighted by atomic mass is 79.9. The molecule has 4 nitrogen and oxygen atoms in total. The number of halogens is 2. The van der Waals surface area contributed by atoms with Gasteiger partial charge in [-0.3, -0.25) is 9.59 Å². The van der Waals surface area contributed by atoms with Crippen LogP contribution in [0.3, 0.4) is 0 Å². The van der Waals surface area contributed by atoms with E-state index in [9.17, 15) is 9.59 Å². The highest BCUT2D eigenvalue weighted by Crippen LogP contribution is 2.30. The quantitative estimate of drug-likeness (QED) is 0.284. The van der Waals surface area contributed by atoms with Crippen LogP contribution in [0.4, 0.5) is 5.69 Å². The van der Waals surface area contributed by atoms with Gasteiger partial charge in [-0.2, -0.15) is 0 Å². The van der Waals surface area contributed by atoms with E-state index < -0.39 is 0 Å². The Labute approximate surface area is 203 Å². The van der Waals surface area contributed by atoms with Gasteiger partial charge in [0.1, 0.15) is 0 Å². The van der Waals surface area contributed by atoms with Crippen LogP contribution in [0.15, 0.2) is 89.4 Å². The van der Waals surface area contributed by atoms with E-state index in [2.05, 4.69) is 26.6 Å². The molecule has 0 aliphatic rings. The van der Waals surface area contributed by atoms with Gasteiger partial charge in [-0.1, -0.05) is 51.8 Å². The smallest absolute Gasteiger partial charge is 0.265 e. The summed E-state index contributed by atoms with van der Waals surface area (Å²) in [4.78, 5) is 26.4. The second kappa shape index (κ2) is 10.1. The first-order valence-electron chi connectivity index (χ1n) is 9.78. The normalized spacial score (nSPS) is 10.6. The molecule has 0 atom stereocenters. The van der Waals surface area contributed by atoms with Crippen molar-refractivity contribution in [3.05, 3.63) is 110 Å². The maximum Gasteiger partial charge on any atom is 0.265 e. The second-order valence-corrected chi connectivity index (χ2v) is 9.45. The van der Waals surface area contributed by atoms with E-state index >= 15 is 0 Å². The van der Waals surface area contributed by atoms with E-state index in [4.69, 9.17) is 11.6 Å². The molecule has 4 aromatic rings. The SMILES string of the molecule is O=C(NCc1ccc(NC(=O)c2ccc(-c3cccc(Cl)c3)s2)cc1)c1ccc(Br)cc1. The molecular weight excluding hydrogens is 508 g/mol. The molecule has 1 heterocycles. The number of carbonyl (C=O) groups excluding carboxylic acids is 2. The van der Waals surface area contributed by atoms with Gasteiger partial charge >= 0.3 is 0 Å². The van der Waals surface area contributed by atoms with Crippen molar-refractivity contribution < 1.29 is 9.59 Å². The number of rotatable bonds is 6. The van der Waals surface area contributed by atoms with E-state index in [1.54, 1.807) is 12.1 Å². The van der Waals surface area contributed by atoms with Crippen molar-refractivity contribution >= 4 is 56.4 Å². The summed E-state index contributed by atoms with van der Waals surface area (Å²) in [6.07, 6.45) is 0. The largest absolute Gasteiger partial charge is 0.348 e. The zero-order valence-corrected chi connectivity index (χ0v) is 19.9. The number of amides is 2. The number of hydrogen-bond acceptors (Lipinski definition) is 3. The fraction of sp³-hybridized carbons (Fsp3) is 0.0400. The van der Waals surface area contributed by atoms with Gasteiger partial charge in [0, 0.05) is 32.2 Å². The van der Waals surface area contributed by atoms with Crippen molar-refractivity contribution in [2.75, 3.05) is 5.32 Å². The molecule has 0 aliphatic heterocycles. The summed E-state index contributed by atoms with van der Waals surface area (Å²) >= 11 is 10.8. The van der Waals surface area contributed by atoms with E-state index in [-0.39, 0.29) is 11.8 Å². The van der Waals surface area contributed by atoms with Gasteiger partial charge in [-0.15, -0.1) is 11.3 Å². The lowest BCUT2D eigenvalue weighted by atomic mass is 10.2. The first-order valence-corrected chi connectivity index (χ1v) is 11.8. The van der Waals surface area contributed by atoms with Crippen molar-refractivity contribution in [3.8, 4) is 10.4 Å². The maximum atomic E-state index is 12.6. The Balaban J connectivity index is 1.34. The average Bonchev–Trinajstić information content (AvgIpc) is 3.29. The van der Waals surface area contributed by atoms with E-state index in [1.165, 1.54) is 11.3 Å². The fourth-order valence-electron chi connectivity index (χ4n) is 3.04. The molecule has 4 rings (SSSR count). The van der Waals surface area contributed by atoms with Crippen LogP contribution in [0.1, 0.15) is 25.6 Å². The molecule has 0 bridgehead atoms. The molecule has 32 heavy (non-hydrogen) atoms. The summed E-state index contributed by atoms with van der Waals surface area (Å²) in [7, 11) is 0. The number of carbonyl (C=O) groups is 2. The predicted molar refractivity (Wildman–Crippen MR) is 134 cm³/mol. The molecule has 2 amide bonds. The summed E-state index contributed by atoms with van der Waals surface area (Å²) in [5.74, 6) is -0.303. The summed E-state index contributed by atoms with van der Waals surface area (Å²) in [5.41, 5.74) is 3.21.